The molecule has 4 heteroatoms. The Morgan fingerprint density at radius 1 is 1.41 bits per heavy atom. The van der Waals surface area contributed by atoms with Crippen LogP contribution in [0, 0.1) is 0 Å². The first-order chi connectivity index (χ1) is 8.22. The standard InChI is InChI=1S/C13H16BrN3/c1-8-6-9(4-5-15-8)13-16-11-3-2-10(14)7-12(11)17-13/h2-3,7-9,15H,4-6H2,1H3,(H,16,17). The lowest BCUT2D eigenvalue weighted by Gasteiger charge is -2.26. The van der Waals surface area contributed by atoms with Gasteiger partial charge in [-0.2, -0.15) is 0 Å². The van der Waals surface area contributed by atoms with Gasteiger partial charge in [-0.3, -0.25) is 0 Å². The zero-order chi connectivity index (χ0) is 11.8. The molecule has 0 spiro atoms. The Balaban J connectivity index is 1.94. The van der Waals surface area contributed by atoms with Crippen LogP contribution in [-0.4, -0.2) is 22.6 Å². The maximum absolute atomic E-state index is 4.71. The highest BCUT2D eigenvalue weighted by Crippen LogP contribution is 2.28. The molecular weight excluding hydrogens is 278 g/mol. The predicted octanol–water partition coefficient (Wildman–Crippen LogP) is 3.18. The molecule has 0 amide bonds. The van der Waals surface area contributed by atoms with Crippen molar-refractivity contribution in [1.29, 1.82) is 0 Å². The lowest BCUT2D eigenvalue weighted by Crippen LogP contribution is -2.35. The van der Waals surface area contributed by atoms with Crippen molar-refractivity contribution in [3.8, 4) is 0 Å². The molecule has 2 unspecified atom stereocenters. The lowest BCUT2D eigenvalue weighted by atomic mass is 9.93. The molecule has 0 saturated carbocycles. The summed E-state index contributed by atoms with van der Waals surface area (Å²) in [5.74, 6) is 1.71. The van der Waals surface area contributed by atoms with E-state index in [0.29, 0.717) is 12.0 Å². The summed E-state index contributed by atoms with van der Waals surface area (Å²) in [7, 11) is 0. The van der Waals surface area contributed by atoms with Gasteiger partial charge in [-0.15, -0.1) is 0 Å². The summed E-state index contributed by atoms with van der Waals surface area (Å²) in [5.41, 5.74) is 2.19. The van der Waals surface area contributed by atoms with Crippen molar-refractivity contribution in [3.05, 3.63) is 28.5 Å². The Morgan fingerprint density at radius 2 is 2.29 bits per heavy atom. The van der Waals surface area contributed by atoms with Crippen LogP contribution >= 0.6 is 15.9 Å². The summed E-state index contributed by atoms with van der Waals surface area (Å²) in [6.45, 7) is 3.33. The third-order valence-corrected chi connectivity index (χ3v) is 3.97. The first-order valence-corrected chi connectivity index (χ1v) is 6.90. The summed E-state index contributed by atoms with van der Waals surface area (Å²) >= 11 is 3.49. The number of rotatable bonds is 1. The summed E-state index contributed by atoms with van der Waals surface area (Å²) in [6.07, 6.45) is 2.34. The van der Waals surface area contributed by atoms with E-state index in [2.05, 4.69) is 45.3 Å². The molecule has 90 valence electrons. The quantitative estimate of drug-likeness (QED) is 0.848. The van der Waals surface area contributed by atoms with Crippen LogP contribution in [0.1, 0.15) is 31.5 Å². The van der Waals surface area contributed by atoms with E-state index >= 15 is 0 Å². The average molecular weight is 294 g/mol. The van der Waals surface area contributed by atoms with E-state index in [9.17, 15) is 0 Å². The fourth-order valence-electron chi connectivity index (χ4n) is 2.58. The monoisotopic (exact) mass is 293 g/mol. The molecule has 1 fully saturated rings. The normalized spacial score (nSPS) is 25.3. The van der Waals surface area contributed by atoms with E-state index in [1.165, 1.54) is 12.8 Å². The van der Waals surface area contributed by atoms with Crippen molar-refractivity contribution in [3.63, 3.8) is 0 Å². The van der Waals surface area contributed by atoms with E-state index in [4.69, 9.17) is 4.98 Å². The van der Waals surface area contributed by atoms with Gasteiger partial charge in [-0.1, -0.05) is 15.9 Å². The van der Waals surface area contributed by atoms with Gasteiger partial charge in [0.05, 0.1) is 11.0 Å². The van der Waals surface area contributed by atoms with Gasteiger partial charge >= 0.3 is 0 Å². The first-order valence-electron chi connectivity index (χ1n) is 6.11. The summed E-state index contributed by atoms with van der Waals surface area (Å²) in [4.78, 5) is 8.17. The molecule has 0 radical (unpaired) electrons. The van der Waals surface area contributed by atoms with Gasteiger partial charge in [0.1, 0.15) is 5.82 Å². The number of hydrogen-bond acceptors (Lipinski definition) is 2. The maximum Gasteiger partial charge on any atom is 0.110 e. The third kappa shape index (κ3) is 2.24. The van der Waals surface area contributed by atoms with Gasteiger partial charge in [-0.25, -0.2) is 4.98 Å². The molecule has 1 aromatic carbocycles. The molecule has 17 heavy (non-hydrogen) atoms. The number of imidazole rings is 1. The number of aromatic nitrogens is 2. The smallest absolute Gasteiger partial charge is 0.110 e. The highest BCUT2D eigenvalue weighted by molar-refractivity contribution is 9.10. The minimum atomic E-state index is 0.567. The van der Waals surface area contributed by atoms with Crippen LogP contribution in [0.5, 0.6) is 0 Å². The number of H-pyrrole nitrogens is 1. The first kappa shape index (κ1) is 11.2. The van der Waals surface area contributed by atoms with E-state index in [1.54, 1.807) is 0 Å². The van der Waals surface area contributed by atoms with Crippen LogP contribution in [0.2, 0.25) is 0 Å². The molecule has 3 nitrogen and oxygen atoms in total. The number of aromatic amines is 1. The number of fused-ring (bicyclic) bond motifs is 1. The molecular formula is C13H16BrN3. The lowest BCUT2D eigenvalue weighted by molar-refractivity contribution is 0.373. The summed E-state index contributed by atoms with van der Waals surface area (Å²) in [5, 5.41) is 3.48. The van der Waals surface area contributed by atoms with E-state index in [1.807, 2.05) is 6.07 Å². The number of benzene rings is 1. The second-order valence-electron chi connectivity index (χ2n) is 4.86. The Morgan fingerprint density at radius 3 is 3.12 bits per heavy atom. The van der Waals surface area contributed by atoms with Gasteiger partial charge < -0.3 is 10.3 Å². The van der Waals surface area contributed by atoms with Crippen LogP contribution in [-0.2, 0) is 0 Å². The van der Waals surface area contributed by atoms with Gasteiger partial charge in [0.2, 0.25) is 0 Å². The summed E-state index contributed by atoms with van der Waals surface area (Å²) < 4.78 is 1.10. The number of hydrogen-bond donors (Lipinski definition) is 2. The largest absolute Gasteiger partial charge is 0.342 e. The molecule has 1 aliphatic heterocycles. The minimum absolute atomic E-state index is 0.567. The van der Waals surface area contributed by atoms with Crippen LogP contribution in [0.3, 0.4) is 0 Å². The number of piperidine rings is 1. The molecule has 1 saturated heterocycles. The number of nitrogens with one attached hydrogen (secondary N) is 2. The molecule has 3 rings (SSSR count). The summed E-state index contributed by atoms with van der Waals surface area (Å²) in [6, 6.07) is 6.78. The van der Waals surface area contributed by atoms with Crippen LogP contribution in [0.25, 0.3) is 11.0 Å². The van der Waals surface area contributed by atoms with E-state index in [0.717, 1.165) is 27.9 Å². The van der Waals surface area contributed by atoms with E-state index < -0.39 is 0 Å². The number of halogens is 1. The Labute approximate surface area is 109 Å². The zero-order valence-corrected chi connectivity index (χ0v) is 11.4. The third-order valence-electron chi connectivity index (χ3n) is 3.47. The SMILES string of the molecule is CC1CC(c2nc3ccc(Br)cc3[nH]2)CCN1. The molecule has 0 bridgehead atoms. The van der Waals surface area contributed by atoms with Crippen LogP contribution in [0.15, 0.2) is 22.7 Å². The molecule has 2 N–H and O–H groups in total. The number of nitrogens with zero attached hydrogens (tertiary/aromatic N) is 1. The molecule has 1 aromatic heterocycles. The van der Waals surface area contributed by atoms with Gasteiger partial charge in [-0.05, 0) is 44.5 Å². The van der Waals surface area contributed by atoms with Gasteiger partial charge in [0, 0.05) is 16.4 Å². The molecule has 0 aliphatic carbocycles. The predicted molar refractivity (Wildman–Crippen MR) is 73.2 cm³/mol. The molecule has 2 heterocycles. The molecule has 1 aliphatic rings. The average Bonchev–Trinajstić information content (AvgIpc) is 2.72. The van der Waals surface area contributed by atoms with Gasteiger partial charge in [0.15, 0.2) is 0 Å². The Bertz CT molecular complexity index is 534. The van der Waals surface area contributed by atoms with E-state index in [-0.39, 0.29) is 0 Å². The van der Waals surface area contributed by atoms with Crippen molar-refractivity contribution in [2.45, 2.75) is 31.7 Å². The topological polar surface area (TPSA) is 40.7 Å². The Kier molecular flexibility index (Phi) is 2.92. The second kappa shape index (κ2) is 4.42. The minimum Gasteiger partial charge on any atom is -0.342 e. The van der Waals surface area contributed by atoms with Crippen LogP contribution < -0.4 is 5.32 Å². The molecule has 2 aromatic rings. The maximum atomic E-state index is 4.71. The fraction of sp³-hybridized carbons (Fsp3) is 0.462. The van der Waals surface area contributed by atoms with Crippen LogP contribution in [0.4, 0.5) is 0 Å². The van der Waals surface area contributed by atoms with Crippen molar-refractivity contribution in [1.82, 2.24) is 15.3 Å². The van der Waals surface area contributed by atoms with Gasteiger partial charge in [0.25, 0.3) is 0 Å². The van der Waals surface area contributed by atoms with Crippen molar-refractivity contribution in [2.24, 2.45) is 0 Å². The van der Waals surface area contributed by atoms with Crippen molar-refractivity contribution in [2.75, 3.05) is 6.54 Å². The second-order valence-corrected chi connectivity index (χ2v) is 5.78. The zero-order valence-electron chi connectivity index (χ0n) is 9.83. The highest BCUT2D eigenvalue weighted by Gasteiger charge is 2.22. The molecule has 2 atom stereocenters. The van der Waals surface area contributed by atoms with Crippen molar-refractivity contribution >= 4 is 27.0 Å². The fourth-order valence-corrected chi connectivity index (χ4v) is 2.94. The van der Waals surface area contributed by atoms with Crippen molar-refractivity contribution < 1.29 is 0 Å². The Hall–Kier alpha value is -0.870. The highest BCUT2D eigenvalue weighted by atomic mass is 79.9.